The van der Waals surface area contributed by atoms with Gasteiger partial charge in [-0.2, -0.15) is 0 Å². The number of nitro benzene ring substituents is 1. The van der Waals surface area contributed by atoms with Crippen LogP contribution in [0.4, 0.5) is 11.5 Å². The number of rotatable bonds is 8. The maximum atomic E-state index is 12.6. The summed E-state index contributed by atoms with van der Waals surface area (Å²) < 4.78 is 27.0. The Morgan fingerprint density at radius 3 is 2.63 bits per heavy atom. The van der Waals surface area contributed by atoms with Crippen molar-refractivity contribution in [3.8, 4) is 0 Å². The van der Waals surface area contributed by atoms with Crippen LogP contribution in [0, 0.1) is 10.1 Å². The van der Waals surface area contributed by atoms with Gasteiger partial charge in [0, 0.05) is 44.5 Å². The fraction of sp³-hybridized carbons (Fsp3) is 0.368. The standard InChI is InChI=1S/C19H23N5O5S/c25-19(17-8-5-9-20-18(17)23-12-2-1-3-13-23)21-10-11-22-30(28,29)16-7-4-6-15(14-16)24(26)27/h4-9,14,22H,1-3,10-13H2,(H,21,25). The summed E-state index contributed by atoms with van der Waals surface area (Å²) in [5.74, 6) is 0.296. The summed E-state index contributed by atoms with van der Waals surface area (Å²) in [6.07, 6.45) is 4.91. The molecule has 0 bridgehead atoms. The summed E-state index contributed by atoms with van der Waals surface area (Å²) in [7, 11) is -3.93. The molecule has 10 nitrogen and oxygen atoms in total. The molecule has 160 valence electrons. The van der Waals surface area contributed by atoms with E-state index in [4.69, 9.17) is 0 Å². The Morgan fingerprint density at radius 2 is 1.90 bits per heavy atom. The van der Waals surface area contributed by atoms with Crippen molar-refractivity contribution >= 4 is 27.4 Å². The lowest BCUT2D eigenvalue weighted by atomic mass is 10.1. The quantitative estimate of drug-likeness (QED) is 0.367. The summed E-state index contributed by atoms with van der Waals surface area (Å²) in [4.78, 5) is 29.0. The summed E-state index contributed by atoms with van der Waals surface area (Å²) in [5.41, 5.74) is 0.133. The van der Waals surface area contributed by atoms with E-state index in [-0.39, 0.29) is 29.6 Å². The molecule has 0 unspecified atom stereocenters. The third-order valence-corrected chi connectivity index (χ3v) is 6.19. The number of amides is 1. The zero-order valence-electron chi connectivity index (χ0n) is 16.3. The minimum Gasteiger partial charge on any atom is -0.356 e. The number of carbonyl (C=O) groups excluding carboxylic acids is 1. The van der Waals surface area contributed by atoms with Crippen molar-refractivity contribution in [3.05, 3.63) is 58.3 Å². The average Bonchev–Trinajstić information content (AvgIpc) is 2.77. The lowest BCUT2D eigenvalue weighted by Gasteiger charge is -2.29. The molecule has 1 fully saturated rings. The topological polar surface area (TPSA) is 135 Å². The number of piperidine rings is 1. The molecular weight excluding hydrogens is 410 g/mol. The molecule has 0 saturated carbocycles. The molecule has 0 aliphatic carbocycles. The van der Waals surface area contributed by atoms with Gasteiger partial charge in [-0.25, -0.2) is 18.1 Å². The number of anilines is 1. The molecule has 1 amide bonds. The Balaban J connectivity index is 1.57. The van der Waals surface area contributed by atoms with E-state index in [1.165, 1.54) is 18.2 Å². The molecule has 1 saturated heterocycles. The van der Waals surface area contributed by atoms with Gasteiger partial charge in [0.2, 0.25) is 10.0 Å². The van der Waals surface area contributed by atoms with Crippen molar-refractivity contribution < 1.29 is 18.1 Å². The van der Waals surface area contributed by atoms with E-state index in [9.17, 15) is 23.3 Å². The van der Waals surface area contributed by atoms with Crippen LogP contribution in [-0.4, -0.2) is 50.4 Å². The van der Waals surface area contributed by atoms with Crippen LogP contribution in [0.1, 0.15) is 29.6 Å². The first-order valence-corrected chi connectivity index (χ1v) is 11.1. The highest BCUT2D eigenvalue weighted by atomic mass is 32.2. The van der Waals surface area contributed by atoms with Crippen LogP contribution in [0.25, 0.3) is 0 Å². The second-order valence-corrected chi connectivity index (χ2v) is 8.60. The molecule has 1 aliphatic heterocycles. The number of benzene rings is 1. The average molecular weight is 433 g/mol. The van der Waals surface area contributed by atoms with Gasteiger partial charge >= 0.3 is 0 Å². The molecule has 2 N–H and O–H groups in total. The van der Waals surface area contributed by atoms with E-state index >= 15 is 0 Å². The predicted molar refractivity (Wildman–Crippen MR) is 111 cm³/mol. The van der Waals surface area contributed by atoms with Crippen LogP contribution < -0.4 is 14.9 Å². The number of sulfonamides is 1. The fourth-order valence-corrected chi connectivity index (χ4v) is 4.31. The number of hydrogen-bond acceptors (Lipinski definition) is 7. The third kappa shape index (κ3) is 5.30. The highest BCUT2D eigenvalue weighted by molar-refractivity contribution is 7.89. The molecule has 3 rings (SSSR count). The van der Waals surface area contributed by atoms with Gasteiger partial charge in [0.05, 0.1) is 15.4 Å². The molecule has 0 radical (unpaired) electrons. The van der Waals surface area contributed by atoms with Crippen LogP contribution in [0.15, 0.2) is 47.5 Å². The predicted octanol–water partition coefficient (Wildman–Crippen LogP) is 1.69. The van der Waals surface area contributed by atoms with Gasteiger partial charge in [-0.15, -0.1) is 0 Å². The Bertz CT molecular complexity index is 1020. The van der Waals surface area contributed by atoms with Gasteiger partial charge < -0.3 is 10.2 Å². The second-order valence-electron chi connectivity index (χ2n) is 6.83. The largest absolute Gasteiger partial charge is 0.356 e. The lowest BCUT2D eigenvalue weighted by molar-refractivity contribution is -0.385. The van der Waals surface area contributed by atoms with E-state index in [1.54, 1.807) is 18.3 Å². The van der Waals surface area contributed by atoms with Crippen LogP contribution in [0.5, 0.6) is 0 Å². The molecule has 1 aromatic heterocycles. The number of nitrogens with one attached hydrogen (secondary N) is 2. The van der Waals surface area contributed by atoms with E-state index < -0.39 is 14.9 Å². The molecule has 2 aromatic rings. The molecule has 0 atom stereocenters. The number of carbonyl (C=O) groups is 1. The van der Waals surface area contributed by atoms with Crippen LogP contribution >= 0.6 is 0 Å². The highest BCUT2D eigenvalue weighted by Crippen LogP contribution is 2.21. The SMILES string of the molecule is O=C(NCCNS(=O)(=O)c1cccc([N+](=O)[O-])c1)c1cccnc1N1CCCCC1. The van der Waals surface area contributed by atoms with Gasteiger partial charge in [0.1, 0.15) is 5.82 Å². The molecule has 1 aromatic carbocycles. The van der Waals surface area contributed by atoms with Gasteiger partial charge in [0.25, 0.3) is 11.6 Å². The van der Waals surface area contributed by atoms with E-state index in [0.29, 0.717) is 11.4 Å². The first-order valence-electron chi connectivity index (χ1n) is 9.61. The molecule has 2 heterocycles. The van der Waals surface area contributed by atoms with Crippen molar-refractivity contribution in [2.75, 3.05) is 31.1 Å². The van der Waals surface area contributed by atoms with Gasteiger partial charge in [-0.3, -0.25) is 14.9 Å². The number of non-ortho nitro benzene ring substituents is 1. The van der Waals surface area contributed by atoms with Crippen molar-refractivity contribution in [1.82, 2.24) is 15.0 Å². The Morgan fingerprint density at radius 1 is 1.13 bits per heavy atom. The Labute approximate surface area is 174 Å². The highest BCUT2D eigenvalue weighted by Gasteiger charge is 2.20. The van der Waals surface area contributed by atoms with E-state index in [1.807, 2.05) is 0 Å². The second kappa shape index (κ2) is 9.63. The molecule has 30 heavy (non-hydrogen) atoms. The van der Waals surface area contributed by atoms with Crippen LogP contribution in [-0.2, 0) is 10.0 Å². The minimum atomic E-state index is -3.93. The van der Waals surface area contributed by atoms with Crippen LogP contribution in [0.2, 0.25) is 0 Å². The monoisotopic (exact) mass is 433 g/mol. The summed E-state index contributed by atoms with van der Waals surface area (Å²) in [6.45, 7) is 1.69. The first kappa shape index (κ1) is 21.7. The Kier molecular flexibility index (Phi) is 6.95. The van der Waals surface area contributed by atoms with E-state index in [2.05, 4.69) is 19.9 Å². The first-order chi connectivity index (χ1) is 14.4. The zero-order valence-corrected chi connectivity index (χ0v) is 17.1. The number of hydrogen-bond donors (Lipinski definition) is 2. The van der Waals surface area contributed by atoms with Crippen LogP contribution in [0.3, 0.4) is 0 Å². The summed E-state index contributed by atoms with van der Waals surface area (Å²) in [6, 6.07) is 8.16. The van der Waals surface area contributed by atoms with Gasteiger partial charge in [-0.05, 0) is 37.5 Å². The van der Waals surface area contributed by atoms with Gasteiger partial charge in [-0.1, -0.05) is 6.07 Å². The number of nitro groups is 1. The maximum Gasteiger partial charge on any atom is 0.270 e. The number of nitrogens with zero attached hydrogens (tertiary/aromatic N) is 3. The minimum absolute atomic E-state index is 0.0569. The van der Waals surface area contributed by atoms with Gasteiger partial charge in [0.15, 0.2) is 0 Å². The normalized spacial score (nSPS) is 14.3. The lowest BCUT2D eigenvalue weighted by Crippen LogP contribution is -2.36. The zero-order chi connectivity index (χ0) is 21.6. The van der Waals surface area contributed by atoms with Crippen molar-refractivity contribution in [3.63, 3.8) is 0 Å². The number of aromatic nitrogens is 1. The van der Waals surface area contributed by atoms with Crippen molar-refractivity contribution in [1.29, 1.82) is 0 Å². The number of pyridine rings is 1. The maximum absolute atomic E-state index is 12.6. The smallest absolute Gasteiger partial charge is 0.270 e. The van der Waals surface area contributed by atoms with Crippen molar-refractivity contribution in [2.45, 2.75) is 24.2 Å². The van der Waals surface area contributed by atoms with E-state index in [0.717, 1.165) is 38.4 Å². The third-order valence-electron chi connectivity index (χ3n) is 4.73. The molecule has 11 heteroatoms. The molecule has 1 aliphatic rings. The molecule has 0 spiro atoms. The fourth-order valence-electron chi connectivity index (χ4n) is 3.24. The summed E-state index contributed by atoms with van der Waals surface area (Å²) >= 11 is 0. The summed E-state index contributed by atoms with van der Waals surface area (Å²) in [5, 5.41) is 13.5. The molecular formula is C19H23N5O5S. The Hall–Kier alpha value is -3.05. The van der Waals surface area contributed by atoms with Crippen molar-refractivity contribution in [2.24, 2.45) is 0 Å².